The molecule has 0 saturated carbocycles. The van der Waals surface area contributed by atoms with Crippen LogP contribution in [-0.4, -0.2) is 82.4 Å². The van der Waals surface area contributed by atoms with Gasteiger partial charge in [-0.2, -0.15) is 0 Å². The predicted octanol–water partition coefficient (Wildman–Crippen LogP) is 4.58. The molecule has 0 amide bonds. The van der Waals surface area contributed by atoms with Crippen molar-refractivity contribution in [2.24, 2.45) is 0 Å². The molecular weight excluding hydrogens is 534 g/mol. The number of aromatic amines is 1. The fraction of sp³-hybridized carbons (Fsp3) is 0.429. The minimum atomic E-state index is -0.688. The van der Waals surface area contributed by atoms with Crippen molar-refractivity contribution in [3.63, 3.8) is 0 Å². The van der Waals surface area contributed by atoms with Crippen LogP contribution in [0.4, 0.5) is 5.69 Å². The Labute approximate surface area is 226 Å². The van der Waals surface area contributed by atoms with E-state index in [1.807, 2.05) is 0 Å². The van der Waals surface area contributed by atoms with Gasteiger partial charge in [0.15, 0.2) is 5.11 Å². The van der Waals surface area contributed by atoms with Crippen LogP contribution >= 0.6 is 28.1 Å². The van der Waals surface area contributed by atoms with Crippen molar-refractivity contribution in [3.8, 4) is 0 Å². The van der Waals surface area contributed by atoms with Gasteiger partial charge in [-0.05, 0) is 74.6 Å². The fourth-order valence-electron chi connectivity index (χ4n) is 6.16. The summed E-state index contributed by atoms with van der Waals surface area (Å²) in [5.41, 5.74) is 5.16. The van der Waals surface area contributed by atoms with Gasteiger partial charge in [0.25, 0.3) is 0 Å². The number of likely N-dealkylation sites (N-methyl/N-ethyl adjacent to an activating group) is 1. The summed E-state index contributed by atoms with van der Waals surface area (Å²) >= 11 is 9.71. The number of anilines is 1. The first-order chi connectivity index (χ1) is 17.3. The number of benzene rings is 2. The summed E-state index contributed by atoms with van der Waals surface area (Å²) in [5.74, 6) is 0. The average molecular weight is 567 g/mol. The number of carbonyl (C=O) groups is 1. The molecule has 0 bridgehead atoms. The van der Waals surface area contributed by atoms with Crippen LogP contribution in [-0.2, 0) is 11.2 Å². The molecule has 6 rings (SSSR count). The number of piperazine rings is 1. The van der Waals surface area contributed by atoms with Crippen molar-refractivity contribution in [2.45, 2.75) is 37.9 Å². The van der Waals surface area contributed by atoms with E-state index in [-0.39, 0.29) is 12.1 Å². The number of aromatic nitrogens is 1. The summed E-state index contributed by atoms with van der Waals surface area (Å²) < 4.78 is 1.04. The molecule has 1 aromatic heterocycles. The smallest absolute Gasteiger partial charge is 0.173 e. The standard InChI is InChI=1S/C28H32BrN5OS/c1-18(2)33-16-28(17-35)15-23-22-14-20(29)6-9-24(22)30-25(23)26(34(28)27(33)36)19-4-7-21(8-5-19)32-12-10-31(3)11-13-32/h4-9,14,17-18,26,30H,10-13,15-16H2,1-3H3. The molecule has 6 nitrogen and oxygen atoms in total. The van der Waals surface area contributed by atoms with Gasteiger partial charge < -0.3 is 29.4 Å². The highest BCUT2D eigenvalue weighted by Gasteiger charge is 2.55. The number of nitrogens with one attached hydrogen (secondary N) is 1. The zero-order valence-corrected chi connectivity index (χ0v) is 23.4. The van der Waals surface area contributed by atoms with Gasteiger partial charge in [-0.1, -0.05) is 28.1 Å². The molecule has 4 heterocycles. The van der Waals surface area contributed by atoms with E-state index in [0.717, 1.165) is 58.8 Å². The van der Waals surface area contributed by atoms with E-state index in [1.165, 1.54) is 16.6 Å². The Morgan fingerprint density at radius 3 is 2.50 bits per heavy atom. The number of rotatable bonds is 4. The molecule has 3 aromatic rings. The van der Waals surface area contributed by atoms with Gasteiger partial charge in [0.05, 0.1) is 12.6 Å². The molecular formula is C28H32BrN5OS. The molecule has 2 aromatic carbocycles. The minimum absolute atomic E-state index is 0.150. The number of fused-ring (bicyclic) bond motifs is 4. The van der Waals surface area contributed by atoms with E-state index in [1.54, 1.807) is 0 Å². The number of H-pyrrole nitrogens is 1. The monoisotopic (exact) mass is 565 g/mol. The number of hydrogen-bond donors (Lipinski definition) is 1. The van der Waals surface area contributed by atoms with E-state index >= 15 is 0 Å². The van der Waals surface area contributed by atoms with Crippen LogP contribution in [0, 0.1) is 0 Å². The molecule has 2 unspecified atom stereocenters. The zero-order valence-electron chi connectivity index (χ0n) is 21.0. The zero-order chi connectivity index (χ0) is 25.2. The van der Waals surface area contributed by atoms with E-state index in [9.17, 15) is 4.79 Å². The van der Waals surface area contributed by atoms with Crippen LogP contribution in [0.5, 0.6) is 0 Å². The van der Waals surface area contributed by atoms with Gasteiger partial charge in [0.2, 0.25) is 0 Å². The van der Waals surface area contributed by atoms with E-state index in [4.69, 9.17) is 12.2 Å². The Morgan fingerprint density at radius 1 is 1.11 bits per heavy atom. The Morgan fingerprint density at radius 2 is 1.83 bits per heavy atom. The molecule has 3 aliphatic rings. The van der Waals surface area contributed by atoms with Gasteiger partial charge in [-0.25, -0.2) is 0 Å². The largest absolute Gasteiger partial charge is 0.369 e. The number of halogens is 1. The van der Waals surface area contributed by atoms with E-state index < -0.39 is 5.54 Å². The molecule has 0 aliphatic carbocycles. The molecule has 8 heteroatoms. The summed E-state index contributed by atoms with van der Waals surface area (Å²) in [6.07, 6.45) is 1.79. The highest BCUT2D eigenvalue weighted by Crippen LogP contribution is 2.48. The third-order valence-electron chi connectivity index (χ3n) is 8.21. The van der Waals surface area contributed by atoms with Gasteiger partial charge in [-0.15, -0.1) is 0 Å². The SMILES string of the molecule is CC(C)N1CC2(C=O)Cc3c([nH]c4ccc(Br)cc34)C(c3ccc(N4CCN(C)CC4)cc3)N2C1=S. The van der Waals surface area contributed by atoms with Crippen LogP contribution in [0.15, 0.2) is 46.9 Å². The summed E-state index contributed by atoms with van der Waals surface area (Å²) in [6, 6.07) is 15.3. The third kappa shape index (κ3) is 3.68. The molecule has 188 valence electrons. The summed E-state index contributed by atoms with van der Waals surface area (Å²) in [4.78, 5) is 25.9. The fourth-order valence-corrected chi connectivity index (χ4v) is 7.09. The van der Waals surface area contributed by atoms with Crippen molar-refractivity contribution in [1.82, 2.24) is 19.7 Å². The predicted molar refractivity (Wildman–Crippen MR) is 153 cm³/mol. The number of hydrogen-bond acceptors (Lipinski definition) is 4. The van der Waals surface area contributed by atoms with Crippen LogP contribution < -0.4 is 4.90 Å². The van der Waals surface area contributed by atoms with Gasteiger partial charge >= 0.3 is 0 Å². The lowest BCUT2D eigenvalue weighted by atomic mass is 9.81. The molecule has 0 radical (unpaired) electrons. The average Bonchev–Trinajstić information content (AvgIpc) is 3.38. The van der Waals surface area contributed by atoms with Crippen molar-refractivity contribution in [1.29, 1.82) is 0 Å². The van der Waals surface area contributed by atoms with Crippen LogP contribution in [0.1, 0.15) is 36.7 Å². The maximum Gasteiger partial charge on any atom is 0.173 e. The highest BCUT2D eigenvalue weighted by atomic mass is 79.9. The summed E-state index contributed by atoms with van der Waals surface area (Å²) in [5, 5.41) is 1.93. The first kappa shape index (κ1) is 23.9. The van der Waals surface area contributed by atoms with Crippen molar-refractivity contribution in [2.75, 3.05) is 44.7 Å². The first-order valence-corrected chi connectivity index (χ1v) is 13.9. The minimum Gasteiger partial charge on any atom is -0.369 e. The lowest BCUT2D eigenvalue weighted by molar-refractivity contribution is -0.116. The summed E-state index contributed by atoms with van der Waals surface area (Å²) in [7, 11) is 2.18. The Kier molecular flexibility index (Phi) is 5.89. The number of nitrogens with zero attached hydrogens (tertiary/aromatic N) is 4. The maximum absolute atomic E-state index is 12.9. The van der Waals surface area contributed by atoms with E-state index in [0.29, 0.717) is 13.0 Å². The maximum atomic E-state index is 12.9. The first-order valence-electron chi connectivity index (χ1n) is 12.7. The Balaban J connectivity index is 1.48. The topological polar surface area (TPSA) is 45.8 Å². The lowest BCUT2D eigenvalue weighted by Gasteiger charge is -2.44. The quantitative estimate of drug-likeness (QED) is 0.369. The number of thiocarbonyl (C=S) groups is 1. The van der Waals surface area contributed by atoms with Crippen LogP contribution in [0.2, 0.25) is 0 Å². The Bertz CT molecular complexity index is 1330. The van der Waals surface area contributed by atoms with Gasteiger partial charge in [0.1, 0.15) is 11.8 Å². The van der Waals surface area contributed by atoms with Crippen LogP contribution in [0.25, 0.3) is 10.9 Å². The van der Waals surface area contributed by atoms with Crippen molar-refractivity contribution in [3.05, 3.63) is 63.8 Å². The normalized spacial score (nSPS) is 24.5. The third-order valence-corrected chi connectivity index (χ3v) is 9.14. The van der Waals surface area contributed by atoms with Crippen molar-refractivity contribution >= 4 is 56.1 Å². The second kappa shape index (κ2) is 8.85. The molecule has 2 saturated heterocycles. The van der Waals surface area contributed by atoms with Crippen molar-refractivity contribution < 1.29 is 4.79 Å². The molecule has 3 aliphatic heterocycles. The molecule has 2 fully saturated rings. The van der Waals surface area contributed by atoms with Crippen LogP contribution in [0.3, 0.4) is 0 Å². The second-order valence-electron chi connectivity index (χ2n) is 10.8. The van der Waals surface area contributed by atoms with E-state index in [2.05, 4.69) is 104 Å². The molecule has 36 heavy (non-hydrogen) atoms. The molecule has 1 N–H and O–H groups in total. The molecule has 2 atom stereocenters. The second-order valence-corrected chi connectivity index (χ2v) is 12.0. The van der Waals surface area contributed by atoms with Gasteiger partial charge in [0, 0.05) is 65.4 Å². The molecule has 0 spiro atoms. The van der Waals surface area contributed by atoms with Gasteiger partial charge in [-0.3, -0.25) is 0 Å². The lowest BCUT2D eigenvalue weighted by Crippen LogP contribution is -2.55. The Hall–Kier alpha value is -2.42. The summed E-state index contributed by atoms with van der Waals surface area (Å²) in [6.45, 7) is 9.13. The highest BCUT2D eigenvalue weighted by molar-refractivity contribution is 9.10. The number of aldehydes is 1. The number of carbonyl (C=O) groups excluding carboxylic acids is 1.